The molecule has 7 atom stereocenters. The molecule has 4 rings (SSSR count). The second-order valence-corrected chi connectivity index (χ2v) is 15.3. The van der Waals surface area contributed by atoms with Gasteiger partial charge in [0.2, 0.25) is 21.8 Å². The summed E-state index contributed by atoms with van der Waals surface area (Å²) in [5, 5.41) is 15.4. The predicted octanol–water partition coefficient (Wildman–Crippen LogP) is 1.34. The lowest BCUT2D eigenvalue weighted by molar-refractivity contribution is -0.142. The molecule has 2 heterocycles. The molecule has 12 nitrogen and oxygen atoms in total. The zero-order valence-corrected chi connectivity index (χ0v) is 25.3. The third kappa shape index (κ3) is 7.40. The largest absolute Gasteiger partial charge is 0.444 e. The summed E-state index contributed by atoms with van der Waals surface area (Å²) in [7, 11) is -3.84. The van der Waals surface area contributed by atoms with Gasteiger partial charge in [-0.2, -0.15) is 0 Å². The predicted molar refractivity (Wildman–Crippen MR) is 150 cm³/mol. The van der Waals surface area contributed by atoms with Gasteiger partial charge in [0.25, 0.3) is 5.91 Å². The number of ether oxygens (including phenoxy) is 1. The summed E-state index contributed by atoms with van der Waals surface area (Å²) in [6.45, 7) is 8.95. The summed E-state index contributed by atoms with van der Waals surface area (Å²) < 4.78 is 32.7. The van der Waals surface area contributed by atoms with Crippen LogP contribution in [0.5, 0.6) is 0 Å². The zero-order chi connectivity index (χ0) is 30.3. The van der Waals surface area contributed by atoms with Crippen molar-refractivity contribution in [2.75, 3.05) is 6.54 Å². The molecular weight excluding hydrogens is 552 g/mol. The number of amides is 4. The average molecular weight is 597 g/mol. The number of nitrogens with one attached hydrogen (secondary N) is 3. The second-order valence-electron chi connectivity index (χ2n) is 13.3. The van der Waals surface area contributed by atoms with Gasteiger partial charge in [0.15, 0.2) is 0 Å². The van der Waals surface area contributed by atoms with Crippen LogP contribution in [0.25, 0.3) is 0 Å². The van der Waals surface area contributed by atoms with Crippen LogP contribution in [0.2, 0.25) is 0 Å². The maximum atomic E-state index is 13.9. The van der Waals surface area contributed by atoms with E-state index in [1.54, 1.807) is 20.8 Å². The molecule has 0 aromatic carbocycles. The summed E-state index contributed by atoms with van der Waals surface area (Å²) in [4.78, 5) is 54.9. The van der Waals surface area contributed by atoms with Gasteiger partial charge in [0.05, 0.1) is 11.4 Å². The molecule has 4 amide bonds. The van der Waals surface area contributed by atoms with Gasteiger partial charge in [-0.15, -0.1) is 0 Å². The van der Waals surface area contributed by atoms with Gasteiger partial charge in [-0.05, 0) is 71.1 Å². The molecule has 4 N–H and O–H groups in total. The third-order valence-electron chi connectivity index (χ3n) is 8.31. The molecule has 1 saturated heterocycles. The number of carbonyl (C=O) groups excluding carboxylic acids is 4. The van der Waals surface area contributed by atoms with Crippen molar-refractivity contribution in [2.45, 2.75) is 114 Å². The first kappa shape index (κ1) is 31.3. The lowest BCUT2D eigenvalue weighted by atomic mass is 9.88. The van der Waals surface area contributed by atoms with Crippen LogP contribution in [0.15, 0.2) is 12.2 Å². The van der Waals surface area contributed by atoms with Crippen LogP contribution in [0, 0.1) is 17.8 Å². The number of aliphatic hydroxyl groups excluding tert-OH is 1. The first-order chi connectivity index (χ1) is 19.0. The van der Waals surface area contributed by atoms with Gasteiger partial charge in [0.1, 0.15) is 23.2 Å². The Morgan fingerprint density at radius 2 is 1.83 bits per heavy atom. The molecule has 0 aromatic rings. The molecule has 0 radical (unpaired) electrons. The highest BCUT2D eigenvalue weighted by molar-refractivity contribution is 7.91. The molecule has 41 heavy (non-hydrogen) atoms. The molecule has 1 unspecified atom stereocenters. The number of carbonyl (C=O) groups is 4. The van der Waals surface area contributed by atoms with Crippen LogP contribution >= 0.6 is 0 Å². The number of allylic oxidation sites excluding steroid dienone is 1. The highest BCUT2D eigenvalue weighted by atomic mass is 32.2. The zero-order valence-electron chi connectivity index (χ0n) is 24.5. The number of nitrogens with zero attached hydrogens (tertiary/aromatic N) is 1. The Kier molecular flexibility index (Phi) is 8.80. The summed E-state index contributed by atoms with van der Waals surface area (Å²) in [5.41, 5.74) is -2.25. The summed E-state index contributed by atoms with van der Waals surface area (Å²) in [6.07, 6.45) is 5.26. The third-order valence-corrected chi connectivity index (χ3v) is 10.1. The molecule has 2 aliphatic heterocycles. The Morgan fingerprint density at radius 1 is 1.15 bits per heavy atom. The van der Waals surface area contributed by atoms with Crippen LogP contribution in [0.4, 0.5) is 4.79 Å². The van der Waals surface area contributed by atoms with Crippen LogP contribution < -0.4 is 15.4 Å². The van der Waals surface area contributed by atoms with E-state index >= 15 is 0 Å². The lowest BCUT2D eigenvalue weighted by Gasteiger charge is -2.33. The number of alkyl carbamates (subject to hydrolysis) is 1. The second kappa shape index (κ2) is 11.5. The van der Waals surface area contributed by atoms with E-state index in [4.69, 9.17) is 4.74 Å². The highest BCUT2D eigenvalue weighted by Gasteiger charge is 2.62. The monoisotopic (exact) mass is 596 g/mol. The molecule has 13 heteroatoms. The summed E-state index contributed by atoms with van der Waals surface area (Å²) in [5.74, 6) is -2.50. The van der Waals surface area contributed by atoms with E-state index in [0.29, 0.717) is 25.7 Å². The van der Waals surface area contributed by atoms with E-state index < -0.39 is 74.3 Å². The first-order valence-corrected chi connectivity index (χ1v) is 16.1. The minimum atomic E-state index is -3.84. The van der Waals surface area contributed by atoms with Crippen molar-refractivity contribution in [1.82, 2.24) is 20.3 Å². The Morgan fingerprint density at radius 3 is 2.46 bits per heavy atom. The van der Waals surface area contributed by atoms with Crippen molar-refractivity contribution in [3.8, 4) is 0 Å². The number of rotatable bonds is 4. The molecule has 2 saturated carbocycles. The standard InChI is InChI=1S/C28H44N4O8S/c1-16-8-6-7-9-18-14-28(18,25(36)31-41(38,39)20-10-11-20)30-23(34)21-13-19(33)15-32(21)24(35)22(17(2)12-16)29-26(37)40-27(3,4)5/h7,9,16-22,33H,6,8,10-15H2,1-5H3,(H,29,37)(H,30,34)(H,31,36)/b9-7-/t16?,17-,18-,19-,21+,22+,28-/m1/s1. The Balaban J connectivity index is 1.62. The van der Waals surface area contributed by atoms with Gasteiger partial charge in [-0.1, -0.05) is 26.0 Å². The molecule has 4 aliphatic rings. The van der Waals surface area contributed by atoms with Gasteiger partial charge in [-0.3, -0.25) is 19.1 Å². The molecule has 0 aromatic heterocycles. The quantitative estimate of drug-likeness (QED) is 0.352. The fraction of sp³-hybridized carbons (Fsp3) is 0.786. The van der Waals surface area contributed by atoms with Crippen molar-refractivity contribution in [3.05, 3.63) is 12.2 Å². The van der Waals surface area contributed by atoms with Crippen molar-refractivity contribution in [3.63, 3.8) is 0 Å². The molecule has 2 aliphatic carbocycles. The first-order valence-electron chi connectivity index (χ1n) is 14.5. The van der Waals surface area contributed by atoms with Crippen molar-refractivity contribution in [2.24, 2.45) is 17.8 Å². The van der Waals surface area contributed by atoms with Crippen molar-refractivity contribution in [1.29, 1.82) is 0 Å². The van der Waals surface area contributed by atoms with Crippen LogP contribution in [0.3, 0.4) is 0 Å². The Labute approximate surface area is 242 Å². The smallest absolute Gasteiger partial charge is 0.408 e. The lowest BCUT2D eigenvalue weighted by Crippen LogP contribution is -2.59. The van der Waals surface area contributed by atoms with E-state index in [2.05, 4.69) is 22.3 Å². The SMILES string of the molecule is CC1CC/C=C\[C@@H]2C[C@@]2(C(=O)NS(=O)(=O)C2CC2)NC(=O)[C@@H]2C[C@@H](O)CN2C(=O)[C@@H](NC(=O)OC(C)(C)C)[C@H](C)C1. The van der Waals surface area contributed by atoms with Crippen LogP contribution in [0.1, 0.15) is 79.6 Å². The highest BCUT2D eigenvalue weighted by Crippen LogP contribution is 2.46. The Bertz CT molecular complexity index is 1190. The normalized spacial score (nSPS) is 35.6. The molecule has 0 spiro atoms. The van der Waals surface area contributed by atoms with Crippen LogP contribution in [-0.4, -0.2) is 83.4 Å². The fourth-order valence-corrected chi connectivity index (χ4v) is 7.23. The van der Waals surface area contributed by atoms with Crippen molar-refractivity contribution < 1.29 is 37.4 Å². The van der Waals surface area contributed by atoms with E-state index in [-0.39, 0.29) is 31.2 Å². The Hall–Kier alpha value is -2.67. The molecular formula is C28H44N4O8S. The summed E-state index contributed by atoms with van der Waals surface area (Å²) in [6, 6.07) is -2.12. The van der Waals surface area contributed by atoms with E-state index in [0.717, 1.165) is 6.42 Å². The number of aliphatic hydroxyl groups is 1. The topological polar surface area (TPSA) is 171 Å². The van der Waals surface area contributed by atoms with Gasteiger partial charge in [-0.25, -0.2) is 13.2 Å². The number of sulfonamides is 1. The molecule has 230 valence electrons. The van der Waals surface area contributed by atoms with E-state index in [1.807, 2.05) is 19.1 Å². The number of hydrogen-bond acceptors (Lipinski definition) is 8. The van der Waals surface area contributed by atoms with E-state index in [1.165, 1.54) is 4.90 Å². The van der Waals surface area contributed by atoms with Crippen LogP contribution in [-0.2, 0) is 29.1 Å². The average Bonchev–Trinajstić information content (AvgIpc) is 3.76. The maximum absolute atomic E-state index is 13.9. The minimum absolute atomic E-state index is 0.0555. The minimum Gasteiger partial charge on any atom is -0.444 e. The maximum Gasteiger partial charge on any atom is 0.408 e. The van der Waals surface area contributed by atoms with Gasteiger partial charge in [0, 0.05) is 18.9 Å². The fourth-order valence-electron chi connectivity index (χ4n) is 5.86. The number of fused-ring (bicyclic) bond motifs is 2. The van der Waals surface area contributed by atoms with Gasteiger partial charge >= 0.3 is 6.09 Å². The van der Waals surface area contributed by atoms with Gasteiger partial charge < -0.3 is 25.4 Å². The van der Waals surface area contributed by atoms with E-state index in [9.17, 15) is 32.7 Å². The van der Waals surface area contributed by atoms with Crippen molar-refractivity contribution >= 4 is 33.8 Å². The number of hydrogen-bond donors (Lipinski definition) is 4. The molecule has 3 fully saturated rings. The molecule has 0 bridgehead atoms. The summed E-state index contributed by atoms with van der Waals surface area (Å²) >= 11 is 0.